The Morgan fingerprint density at radius 1 is 1.62 bits per heavy atom. The van der Waals surface area contributed by atoms with Crippen LogP contribution in [0.3, 0.4) is 0 Å². The predicted octanol–water partition coefficient (Wildman–Crippen LogP) is 1.03. The summed E-state index contributed by atoms with van der Waals surface area (Å²) in [4.78, 5) is 0. The first-order valence-electron chi connectivity index (χ1n) is 4.37. The topological polar surface area (TPSA) is 92.4 Å². The minimum absolute atomic E-state index is 0.0384. The lowest BCUT2D eigenvalue weighted by Crippen LogP contribution is -2.45. The molecular formula is C8H13ClN2O3S2. The first kappa shape index (κ1) is 13.7. The van der Waals surface area contributed by atoms with Crippen molar-refractivity contribution in [2.45, 2.75) is 23.6 Å². The zero-order chi connectivity index (χ0) is 12.6. The van der Waals surface area contributed by atoms with E-state index in [2.05, 4.69) is 4.72 Å². The van der Waals surface area contributed by atoms with Gasteiger partial charge in [0.25, 0.3) is 10.0 Å². The van der Waals surface area contributed by atoms with Gasteiger partial charge in [0.05, 0.1) is 17.8 Å². The fourth-order valence-corrected chi connectivity index (χ4v) is 3.91. The first-order valence-corrected chi connectivity index (χ1v) is 7.05. The second-order valence-corrected chi connectivity index (χ2v) is 7.51. The number of halogens is 1. The zero-order valence-electron chi connectivity index (χ0n) is 8.82. The van der Waals surface area contributed by atoms with Crippen LogP contribution >= 0.6 is 22.9 Å². The Labute approximate surface area is 103 Å². The number of nitrogens with one attached hydrogen (secondary N) is 1. The Morgan fingerprint density at radius 3 is 2.56 bits per heavy atom. The second-order valence-electron chi connectivity index (χ2n) is 3.94. The summed E-state index contributed by atoms with van der Waals surface area (Å²) in [7, 11) is -3.69. The van der Waals surface area contributed by atoms with E-state index in [0.717, 1.165) is 11.3 Å². The van der Waals surface area contributed by atoms with Gasteiger partial charge >= 0.3 is 0 Å². The van der Waals surface area contributed by atoms with Gasteiger partial charge in [0.1, 0.15) is 8.55 Å². The molecule has 0 aromatic carbocycles. The van der Waals surface area contributed by atoms with Crippen LogP contribution in [0.5, 0.6) is 0 Å². The average molecular weight is 285 g/mol. The highest BCUT2D eigenvalue weighted by Gasteiger charge is 2.27. The van der Waals surface area contributed by atoms with Gasteiger partial charge in [-0.1, -0.05) is 11.6 Å². The Morgan fingerprint density at radius 2 is 2.19 bits per heavy atom. The molecule has 8 heteroatoms. The number of thiophene rings is 1. The zero-order valence-corrected chi connectivity index (χ0v) is 11.2. The number of hydrogen-bond donors (Lipinski definition) is 3. The fraction of sp³-hybridized carbons (Fsp3) is 0.500. The summed E-state index contributed by atoms with van der Waals surface area (Å²) < 4.78 is 26.3. The minimum atomic E-state index is -3.69. The van der Waals surface area contributed by atoms with Crippen LogP contribution in [0.15, 0.2) is 10.3 Å². The van der Waals surface area contributed by atoms with Crippen LogP contribution < -0.4 is 10.5 Å². The highest BCUT2D eigenvalue weighted by Crippen LogP contribution is 2.32. The van der Waals surface area contributed by atoms with Crippen LogP contribution in [-0.4, -0.2) is 25.7 Å². The summed E-state index contributed by atoms with van der Waals surface area (Å²) in [6, 6.07) is 1.29. The van der Waals surface area contributed by atoms with Crippen LogP contribution in [0.2, 0.25) is 4.34 Å². The van der Waals surface area contributed by atoms with Crippen molar-refractivity contribution in [3.05, 3.63) is 10.4 Å². The van der Waals surface area contributed by atoms with Crippen molar-refractivity contribution in [3.63, 3.8) is 0 Å². The van der Waals surface area contributed by atoms with E-state index in [1.165, 1.54) is 6.07 Å². The third kappa shape index (κ3) is 3.08. The molecule has 1 aromatic heterocycles. The number of rotatable bonds is 4. The molecule has 0 amide bonds. The van der Waals surface area contributed by atoms with Gasteiger partial charge in [-0.05, 0) is 19.9 Å². The molecule has 1 heterocycles. The standard InChI is InChI=1S/C8H13ClN2O3S2/c1-8(2,4-12)11-16(13,14)6-3-5(10)7(9)15-6/h3,11-12H,4,10H2,1-2H3. The molecule has 0 saturated carbocycles. The molecule has 4 N–H and O–H groups in total. The lowest BCUT2D eigenvalue weighted by molar-refractivity contribution is 0.208. The normalized spacial score (nSPS) is 13.0. The van der Waals surface area contributed by atoms with Crippen molar-refractivity contribution in [3.8, 4) is 0 Å². The van der Waals surface area contributed by atoms with Crippen LogP contribution in [0, 0.1) is 0 Å². The molecule has 16 heavy (non-hydrogen) atoms. The predicted molar refractivity (Wildman–Crippen MR) is 65.2 cm³/mol. The summed E-state index contributed by atoms with van der Waals surface area (Å²) in [5, 5.41) is 8.99. The first-order chi connectivity index (χ1) is 7.18. The molecule has 0 fully saturated rings. The molecule has 0 bridgehead atoms. The van der Waals surface area contributed by atoms with Crippen LogP contribution in [0.4, 0.5) is 5.69 Å². The quantitative estimate of drug-likeness (QED) is 0.770. The largest absolute Gasteiger partial charge is 0.397 e. The number of aliphatic hydroxyl groups excluding tert-OH is 1. The lowest BCUT2D eigenvalue weighted by atomic mass is 10.1. The Kier molecular flexibility index (Phi) is 3.86. The van der Waals surface area contributed by atoms with Gasteiger partial charge < -0.3 is 10.8 Å². The smallest absolute Gasteiger partial charge is 0.250 e. The third-order valence-electron chi connectivity index (χ3n) is 1.76. The molecule has 0 unspecified atom stereocenters. The molecule has 0 aliphatic rings. The number of aliphatic hydroxyl groups is 1. The fourth-order valence-electron chi connectivity index (χ4n) is 0.939. The maximum absolute atomic E-state index is 11.8. The molecule has 0 atom stereocenters. The highest BCUT2D eigenvalue weighted by atomic mass is 35.5. The van der Waals surface area contributed by atoms with Gasteiger partial charge in [-0.25, -0.2) is 13.1 Å². The molecule has 5 nitrogen and oxygen atoms in total. The Balaban J connectivity index is 3.04. The molecule has 0 saturated heterocycles. The van der Waals surface area contributed by atoms with E-state index < -0.39 is 15.6 Å². The maximum atomic E-state index is 11.8. The molecule has 0 aliphatic heterocycles. The van der Waals surface area contributed by atoms with Crippen LogP contribution in [-0.2, 0) is 10.0 Å². The van der Waals surface area contributed by atoms with E-state index in [9.17, 15) is 8.42 Å². The Hall–Kier alpha value is -0.340. The van der Waals surface area contributed by atoms with Gasteiger partial charge in [0.2, 0.25) is 0 Å². The van der Waals surface area contributed by atoms with Crippen molar-refractivity contribution in [1.29, 1.82) is 0 Å². The van der Waals surface area contributed by atoms with Gasteiger partial charge in [0, 0.05) is 0 Å². The van der Waals surface area contributed by atoms with E-state index in [1.54, 1.807) is 13.8 Å². The Bertz CT molecular complexity index is 462. The summed E-state index contributed by atoms with van der Waals surface area (Å²) in [6.45, 7) is 2.84. The monoisotopic (exact) mass is 284 g/mol. The summed E-state index contributed by atoms with van der Waals surface area (Å²) >= 11 is 6.57. The molecule has 1 aromatic rings. The summed E-state index contributed by atoms with van der Waals surface area (Å²) in [5.41, 5.74) is 4.77. The van der Waals surface area contributed by atoms with Crippen molar-refractivity contribution in [2.24, 2.45) is 0 Å². The average Bonchev–Trinajstić information content (AvgIpc) is 2.46. The maximum Gasteiger partial charge on any atom is 0.250 e. The highest BCUT2D eigenvalue weighted by molar-refractivity contribution is 7.91. The number of hydrogen-bond acceptors (Lipinski definition) is 5. The third-order valence-corrected chi connectivity index (χ3v) is 5.32. The van der Waals surface area contributed by atoms with E-state index in [-0.39, 0.29) is 20.8 Å². The van der Waals surface area contributed by atoms with E-state index in [4.69, 9.17) is 22.4 Å². The van der Waals surface area contributed by atoms with E-state index >= 15 is 0 Å². The molecule has 0 aliphatic carbocycles. The molecule has 0 radical (unpaired) electrons. The van der Waals surface area contributed by atoms with Gasteiger partial charge in [-0.3, -0.25) is 0 Å². The van der Waals surface area contributed by atoms with Gasteiger partial charge in [-0.15, -0.1) is 11.3 Å². The molecule has 0 spiro atoms. The van der Waals surface area contributed by atoms with Crippen molar-refractivity contribution in [1.82, 2.24) is 4.72 Å². The molecule has 92 valence electrons. The number of nitrogens with two attached hydrogens (primary N) is 1. The number of anilines is 1. The van der Waals surface area contributed by atoms with Gasteiger partial charge in [-0.2, -0.15) is 0 Å². The molecular weight excluding hydrogens is 272 g/mol. The van der Waals surface area contributed by atoms with Crippen molar-refractivity contribution in [2.75, 3.05) is 12.3 Å². The van der Waals surface area contributed by atoms with Crippen molar-refractivity contribution >= 4 is 38.6 Å². The van der Waals surface area contributed by atoms with Crippen LogP contribution in [0.25, 0.3) is 0 Å². The van der Waals surface area contributed by atoms with E-state index in [0.29, 0.717) is 0 Å². The minimum Gasteiger partial charge on any atom is -0.397 e. The SMILES string of the molecule is CC(C)(CO)NS(=O)(=O)c1cc(N)c(Cl)s1. The number of sulfonamides is 1. The number of nitrogen functional groups attached to an aromatic ring is 1. The van der Waals surface area contributed by atoms with Crippen molar-refractivity contribution < 1.29 is 13.5 Å². The second kappa shape index (κ2) is 4.50. The van der Waals surface area contributed by atoms with Crippen LogP contribution in [0.1, 0.15) is 13.8 Å². The van der Waals surface area contributed by atoms with Gasteiger partial charge in [0.15, 0.2) is 0 Å². The summed E-state index contributed by atoms with van der Waals surface area (Å²) in [6.07, 6.45) is 0. The van der Waals surface area contributed by atoms with E-state index in [1.807, 2.05) is 0 Å². The molecule has 1 rings (SSSR count). The lowest BCUT2D eigenvalue weighted by Gasteiger charge is -2.22. The summed E-state index contributed by atoms with van der Waals surface area (Å²) in [5.74, 6) is 0.